The second-order valence-electron chi connectivity index (χ2n) is 8.51. The van der Waals surface area contributed by atoms with Crippen molar-refractivity contribution in [2.24, 2.45) is 5.92 Å². The lowest BCUT2D eigenvalue weighted by Gasteiger charge is -2.14. The lowest BCUT2D eigenvalue weighted by molar-refractivity contribution is 0.0940. The van der Waals surface area contributed by atoms with Gasteiger partial charge in [0.05, 0.1) is 11.0 Å². The van der Waals surface area contributed by atoms with Crippen LogP contribution >= 0.6 is 0 Å². The van der Waals surface area contributed by atoms with Gasteiger partial charge in [-0.25, -0.2) is 9.97 Å². The van der Waals surface area contributed by atoms with Crippen molar-refractivity contribution in [1.29, 1.82) is 0 Å². The van der Waals surface area contributed by atoms with Gasteiger partial charge in [-0.2, -0.15) is 0 Å². The van der Waals surface area contributed by atoms with Gasteiger partial charge in [-0.1, -0.05) is 57.0 Å². The van der Waals surface area contributed by atoms with Gasteiger partial charge in [-0.05, 0) is 43.5 Å². The SMILES string of the molecule is CC(C)CCC[C@@H](C)NC(=O)c1c(N)n(-c2ccccc2)c2nc3ccccc3nc12. The summed E-state index contributed by atoms with van der Waals surface area (Å²) in [7, 11) is 0. The first-order valence-electron chi connectivity index (χ1n) is 10.9. The Hall–Kier alpha value is -3.41. The molecule has 0 spiro atoms. The molecular formula is C25H29N5O. The van der Waals surface area contributed by atoms with Crippen LogP contribution in [-0.4, -0.2) is 26.5 Å². The lowest BCUT2D eigenvalue weighted by Crippen LogP contribution is -2.33. The van der Waals surface area contributed by atoms with Crippen molar-refractivity contribution in [2.45, 2.75) is 46.1 Å². The Labute approximate surface area is 182 Å². The Morgan fingerprint density at radius 3 is 2.29 bits per heavy atom. The third kappa shape index (κ3) is 4.24. The molecule has 0 aliphatic carbocycles. The monoisotopic (exact) mass is 415 g/mol. The van der Waals surface area contributed by atoms with Crippen molar-refractivity contribution >= 4 is 33.9 Å². The molecule has 1 amide bonds. The fraction of sp³-hybridized carbons (Fsp3) is 0.320. The normalized spacial score (nSPS) is 12.5. The highest BCUT2D eigenvalue weighted by molar-refractivity contribution is 6.11. The van der Waals surface area contributed by atoms with Crippen LogP contribution in [0.1, 0.15) is 50.4 Å². The smallest absolute Gasteiger partial charge is 0.257 e. The summed E-state index contributed by atoms with van der Waals surface area (Å²) in [5, 5.41) is 3.12. The largest absolute Gasteiger partial charge is 0.384 e. The minimum Gasteiger partial charge on any atom is -0.384 e. The molecular weight excluding hydrogens is 386 g/mol. The maximum Gasteiger partial charge on any atom is 0.257 e. The number of fused-ring (bicyclic) bond motifs is 2. The Morgan fingerprint density at radius 1 is 0.968 bits per heavy atom. The van der Waals surface area contributed by atoms with Crippen LogP contribution in [0, 0.1) is 5.92 Å². The molecule has 6 nitrogen and oxygen atoms in total. The van der Waals surface area contributed by atoms with Crippen LogP contribution < -0.4 is 11.1 Å². The molecule has 0 unspecified atom stereocenters. The molecule has 1 atom stereocenters. The van der Waals surface area contributed by atoms with Crippen molar-refractivity contribution in [3.63, 3.8) is 0 Å². The first-order chi connectivity index (χ1) is 15.0. The summed E-state index contributed by atoms with van der Waals surface area (Å²) < 4.78 is 1.81. The molecule has 2 aromatic carbocycles. The van der Waals surface area contributed by atoms with Crippen LogP contribution in [0.25, 0.3) is 27.9 Å². The van der Waals surface area contributed by atoms with Crippen LogP contribution in [0.4, 0.5) is 5.82 Å². The summed E-state index contributed by atoms with van der Waals surface area (Å²) in [6, 6.07) is 17.4. The number of hydrogen-bond donors (Lipinski definition) is 2. The highest BCUT2D eigenvalue weighted by Crippen LogP contribution is 2.31. The molecule has 6 heteroatoms. The van der Waals surface area contributed by atoms with E-state index >= 15 is 0 Å². The number of anilines is 1. The van der Waals surface area contributed by atoms with E-state index in [-0.39, 0.29) is 11.9 Å². The minimum atomic E-state index is -0.209. The van der Waals surface area contributed by atoms with Crippen LogP contribution in [-0.2, 0) is 0 Å². The highest BCUT2D eigenvalue weighted by Gasteiger charge is 2.25. The van der Waals surface area contributed by atoms with Gasteiger partial charge in [0.2, 0.25) is 0 Å². The number of para-hydroxylation sites is 3. The summed E-state index contributed by atoms with van der Waals surface area (Å²) in [5.74, 6) is 0.799. The van der Waals surface area contributed by atoms with Crippen molar-refractivity contribution < 1.29 is 4.79 Å². The Balaban J connectivity index is 1.78. The second kappa shape index (κ2) is 8.76. The second-order valence-corrected chi connectivity index (χ2v) is 8.51. The van der Waals surface area contributed by atoms with E-state index in [1.807, 2.05) is 66.1 Å². The maximum absolute atomic E-state index is 13.3. The molecule has 4 rings (SSSR count). The zero-order chi connectivity index (χ0) is 22.0. The van der Waals surface area contributed by atoms with E-state index in [0.717, 1.165) is 36.0 Å². The Morgan fingerprint density at radius 2 is 1.61 bits per heavy atom. The summed E-state index contributed by atoms with van der Waals surface area (Å²) in [4.78, 5) is 22.9. The summed E-state index contributed by atoms with van der Waals surface area (Å²) in [6.07, 6.45) is 3.15. The van der Waals surface area contributed by atoms with Gasteiger partial charge in [0, 0.05) is 11.7 Å². The number of rotatable bonds is 7. The van der Waals surface area contributed by atoms with Gasteiger partial charge in [-0.15, -0.1) is 0 Å². The molecule has 3 N–H and O–H groups in total. The van der Waals surface area contributed by atoms with Crippen LogP contribution in [0.15, 0.2) is 54.6 Å². The number of nitrogen functional groups attached to an aromatic ring is 1. The number of carbonyl (C=O) groups excluding carboxylic acids is 1. The van der Waals surface area contributed by atoms with E-state index in [9.17, 15) is 4.79 Å². The predicted molar refractivity (Wildman–Crippen MR) is 126 cm³/mol. The molecule has 31 heavy (non-hydrogen) atoms. The number of nitrogens with two attached hydrogens (primary N) is 1. The van der Waals surface area contributed by atoms with Crippen molar-refractivity contribution in [3.8, 4) is 5.69 Å². The van der Waals surface area contributed by atoms with Gasteiger partial charge >= 0.3 is 0 Å². The number of benzene rings is 2. The van der Waals surface area contributed by atoms with Crippen LogP contribution in [0.2, 0.25) is 0 Å². The van der Waals surface area contributed by atoms with Crippen LogP contribution in [0.3, 0.4) is 0 Å². The zero-order valence-electron chi connectivity index (χ0n) is 18.3. The highest BCUT2D eigenvalue weighted by atomic mass is 16.1. The molecule has 0 aliphatic heterocycles. The number of nitrogens with one attached hydrogen (secondary N) is 1. The molecule has 160 valence electrons. The van der Waals surface area contributed by atoms with Crippen molar-refractivity contribution in [2.75, 3.05) is 5.73 Å². The minimum absolute atomic E-state index is 0.0502. The number of aromatic nitrogens is 3. The first-order valence-corrected chi connectivity index (χ1v) is 10.9. The van der Waals surface area contributed by atoms with E-state index < -0.39 is 0 Å². The molecule has 0 fully saturated rings. The van der Waals surface area contributed by atoms with Crippen LogP contribution in [0.5, 0.6) is 0 Å². The standard InChI is InChI=1S/C25H29N5O/c1-16(2)10-9-11-17(3)27-25(31)21-22-24(29-20-15-8-7-14-19(20)28-22)30(23(21)26)18-12-5-4-6-13-18/h4-8,12-17H,9-11,26H2,1-3H3,(H,27,31)/t17-/m1/s1. The van der Waals surface area contributed by atoms with Gasteiger partial charge in [0.1, 0.15) is 16.9 Å². The molecule has 0 radical (unpaired) electrons. The maximum atomic E-state index is 13.3. The molecule has 0 saturated carbocycles. The summed E-state index contributed by atoms with van der Waals surface area (Å²) in [5.41, 5.74) is 10.4. The van der Waals surface area contributed by atoms with Gasteiger partial charge < -0.3 is 11.1 Å². The molecule has 0 saturated heterocycles. The molecule has 4 aromatic rings. The third-order valence-electron chi connectivity index (χ3n) is 5.54. The fourth-order valence-corrected chi connectivity index (χ4v) is 3.92. The Bertz CT molecular complexity index is 1210. The number of carbonyl (C=O) groups is 1. The molecule has 0 aliphatic rings. The molecule has 0 bridgehead atoms. The van der Waals surface area contributed by atoms with E-state index in [4.69, 9.17) is 15.7 Å². The lowest BCUT2D eigenvalue weighted by atomic mass is 10.0. The van der Waals surface area contributed by atoms with Gasteiger partial charge in [0.25, 0.3) is 5.91 Å². The molecule has 2 heterocycles. The third-order valence-corrected chi connectivity index (χ3v) is 5.54. The summed E-state index contributed by atoms with van der Waals surface area (Å²) in [6.45, 7) is 6.46. The van der Waals surface area contributed by atoms with E-state index in [2.05, 4.69) is 19.2 Å². The summed E-state index contributed by atoms with van der Waals surface area (Å²) >= 11 is 0. The number of hydrogen-bond acceptors (Lipinski definition) is 4. The number of nitrogens with zero attached hydrogens (tertiary/aromatic N) is 3. The number of amides is 1. The van der Waals surface area contributed by atoms with E-state index in [0.29, 0.717) is 28.5 Å². The van der Waals surface area contributed by atoms with E-state index in [1.165, 1.54) is 0 Å². The topological polar surface area (TPSA) is 85.8 Å². The van der Waals surface area contributed by atoms with Gasteiger partial charge in [0.15, 0.2) is 5.65 Å². The van der Waals surface area contributed by atoms with Gasteiger partial charge in [-0.3, -0.25) is 9.36 Å². The average Bonchev–Trinajstić information content (AvgIpc) is 3.03. The van der Waals surface area contributed by atoms with Crippen molar-refractivity contribution in [1.82, 2.24) is 19.9 Å². The Kier molecular flexibility index (Phi) is 5.89. The molecule has 2 aromatic heterocycles. The zero-order valence-corrected chi connectivity index (χ0v) is 18.3. The van der Waals surface area contributed by atoms with Crippen molar-refractivity contribution in [3.05, 3.63) is 60.2 Å². The van der Waals surface area contributed by atoms with E-state index in [1.54, 1.807) is 0 Å². The fourth-order valence-electron chi connectivity index (χ4n) is 3.92. The quantitative estimate of drug-likeness (QED) is 0.440. The first kappa shape index (κ1) is 20.8. The average molecular weight is 416 g/mol. The predicted octanol–water partition coefficient (Wildman–Crippen LogP) is 5.10.